The molecule has 1 aliphatic heterocycles. The lowest BCUT2D eigenvalue weighted by Crippen LogP contribution is -2.47. The van der Waals surface area contributed by atoms with Crippen molar-refractivity contribution >= 4 is 29.9 Å². The van der Waals surface area contributed by atoms with Gasteiger partial charge in [0, 0.05) is 65.4 Å². The van der Waals surface area contributed by atoms with Gasteiger partial charge in [0.2, 0.25) is 0 Å². The first-order valence-corrected chi connectivity index (χ1v) is 10.4. The molecular formula is C20H38IN5O2. The summed E-state index contributed by atoms with van der Waals surface area (Å²) in [5, 5.41) is 3.44. The van der Waals surface area contributed by atoms with E-state index in [2.05, 4.69) is 26.7 Å². The molecule has 1 saturated heterocycles. The SMILES string of the molecule is CCNC(=NCCCCn1ccnc1C)N1CCC(OCCCOC)CC1.I. The molecule has 0 aliphatic carbocycles. The predicted molar refractivity (Wildman–Crippen MR) is 125 cm³/mol. The van der Waals surface area contributed by atoms with Gasteiger partial charge in [-0.05, 0) is 46.0 Å². The topological polar surface area (TPSA) is 63.9 Å². The summed E-state index contributed by atoms with van der Waals surface area (Å²) in [6, 6.07) is 0. The van der Waals surface area contributed by atoms with Crippen LogP contribution in [0, 0.1) is 6.92 Å². The number of likely N-dealkylation sites (tertiary alicyclic amines) is 1. The van der Waals surface area contributed by atoms with Crippen LogP contribution in [-0.4, -0.2) is 73.0 Å². The molecule has 0 bridgehead atoms. The molecule has 0 saturated carbocycles. The van der Waals surface area contributed by atoms with Crippen molar-refractivity contribution in [3.8, 4) is 0 Å². The number of methoxy groups -OCH3 is 1. The van der Waals surface area contributed by atoms with Crippen LogP contribution >= 0.6 is 24.0 Å². The van der Waals surface area contributed by atoms with Crippen LogP contribution in [0.3, 0.4) is 0 Å². The highest BCUT2D eigenvalue weighted by Gasteiger charge is 2.21. The molecule has 2 rings (SSSR count). The quantitative estimate of drug-likeness (QED) is 0.216. The van der Waals surface area contributed by atoms with E-state index in [4.69, 9.17) is 14.5 Å². The maximum atomic E-state index is 5.96. The highest BCUT2D eigenvalue weighted by molar-refractivity contribution is 14.0. The molecule has 1 aromatic heterocycles. The fourth-order valence-corrected chi connectivity index (χ4v) is 3.33. The number of ether oxygens (including phenoxy) is 2. The fourth-order valence-electron chi connectivity index (χ4n) is 3.33. The first-order valence-electron chi connectivity index (χ1n) is 10.4. The Balaban J connectivity index is 0.00000392. The van der Waals surface area contributed by atoms with E-state index >= 15 is 0 Å². The number of aryl methyl sites for hydroxylation is 2. The van der Waals surface area contributed by atoms with E-state index in [-0.39, 0.29) is 24.0 Å². The molecule has 2 heterocycles. The van der Waals surface area contributed by atoms with Crippen LogP contribution in [0.15, 0.2) is 17.4 Å². The van der Waals surface area contributed by atoms with E-state index in [1.807, 2.05) is 19.3 Å². The number of halogens is 1. The number of hydrogen-bond acceptors (Lipinski definition) is 4. The normalized spacial score (nSPS) is 15.5. The Labute approximate surface area is 187 Å². The average Bonchev–Trinajstić information content (AvgIpc) is 3.09. The van der Waals surface area contributed by atoms with Crippen molar-refractivity contribution < 1.29 is 9.47 Å². The smallest absolute Gasteiger partial charge is 0.193 e. The monoisotopic (exact) mass is 507 g/mol. The maximum absolute atomic E-state index is 5.96. The van der Waals surface area contributed by atoms with Gasteiger partial charge in [0.1, 0.15) is 5.82 Å². The second-order valence-corrected chi connectivity index (χ2v) is 7.01. The summed E-state index contributed by atoms with van der Waals surface area (Å²) >= 11 is 0. The minimum Gasteiger partial charge on any atom is -0.385 e. The largest absolute Gasteiger partial charge is 0.385 e. The van der Waals surface area contributed by atoms with Gasteiger partial charge < -0.3 is 24.3 Å². The molecule has 0 radical (unpaired) electrons. The lowest BCUT2D eigenvalue weighted by molar-refractivity contribution is 0.00990. The molecule has 1 aromatic rings. The van der Waals surface area contributed by atoms with Crippen molar-refractivity contribution in [1.29, 1.82) is 0 Å². The number of piperidine rings is 1. The van der Waals surface area contributed by atoms with Gasteiger partial charge in [0.05, 0.1) is 6.10 Å². The van der Waals surface area contributed by atoms with Crippen LogP contribution in [0.1, 0.15) is 44.9 Å². The second kappa shape index (κ2) is 15.0. The summed E-state index contributed by atoms with van der Waals surface area (Å²) in [6.07, 6.45) is 9.60. The summed E-state index contributed by atoms with van der Waals surface area (Å²) in [7, 11) is 1.73. The minimum atomic E-state index is 0. The molecule has 0 unspecified atom stereocenters. The van der Waals surface area contributed by atoms with Crippen LogP contribution < -0.4 is 5.32 Å². The Bertz CT molecular complexity index is 544. The van der Waals surface area contributed by atoms with Crippen molar-refractivity contribution in [1.82, 2.24) is 19.8 Å². The maximum Gasteiger partial charge on any atom is 0.193 e. The zero-order chi connectivity index (χ0) is 19.3. The van der Waals surface area contributed by atoms with Crippen molar-refractivity contribution in [2.24, 2.45) is 4.99 Å². The van der Waals surface area contributed by atoms with E-state index < -0.39 is 0 Å². The van der Waals surface area contributed by atoms with Gasteiger partial charge in [0.15, 0.2) is 5.96 Å². The van der Waals surface area contributed by atoms with Gasteiger partial charge in [-0.3, -0.25) is 4.99 Å². The average molecular weight is 507 g/mol. The van der Waals surface area contributed by atoms with Crippen LogP contribution in [0.5, 0.6) is 0 Å². The number of nitrogens with one attached hydrogen (secondary N) is 1. The number of aromatic nitrogens is 2. The van der Waals surface area contributed by atoms with E-state index in [1.54, 1.807) is 7.11 Å². The number of rotatable bonds is 11. The van der Waals surface area contributed by atoms with Crippen LogP contribution in [0.2, 0.25) is 0 Å². The third-order valence-corrected chi connectivity index (χ3v) is 4.92. The number of unbranched alkanes of at least 4 members (excludes halogenated alkanes) is 1. The standard InChI is InChI=1S/C20H37N5O2.HI/c1-4-21-20(23-10-5-6-12-24-15-11-22-18(24)2)25-13-8-19(9-14-25)27-17-7-16-26-3;/h11,15,19H,4-10,12-14,16-17H2,1-3H3,(H,21,23);1H. The molecule has 162 valence electrons. The molecule has 8 heteroatoms. The molecule has 0 aromatic carbocycles. The van der Waals surface area contributed by atoms with Crippen molar-refractivity contribution in [3.05, 3.63) is 18.2 Å². The molecular weight excluding hydrogens is 469 g/mol. The van der Waals surface area contributed by atoms with Gasteiger partial charge in [-0.15, -0.1) is 24.0 Å². The van der Waals surface area contributed by atoms with Crippen LogP contribution in [0.25, 0.3) is 0 Å². The number of hydrogen-bond donors (Lipinski definition) is 1. The molecule has 0 amide bonds. The molecule has 0 spiro atoms. The molecule has 7 nitrogen and oxygen atoms in total. The number of aliphatic imine (C=N–C) groups is 1. The zero-order valence-corrected chi connectivity index (χ0v) is 20.1. The minimum absolute atomic E-state index is 0. The Hall–Kier alpha value is -0.870. The van der Waals surface area contributed by atoms with Gasteiger partial charge in [-0.25, -0.2) is 4.98 Å². The zero-order valence-electron chi connectivity index (χ0n) is 17.7. The number of imidazole rings is 1. The molecule has 1 N–H and O–H groups in total. The molecule has 28 heavy (non-hydrogen) atoms. The third kappa shape index (κ3) is 9.09. The highest BCUT2D eigenvalue weighted by atomic mass is 127. The van der Waals surface area contributed by atoms with Crippen molar-refractivity contribution in [2.45, 2.75) is 58.6 Å². The molecule has 0 atom stereocenters. The Morgan fingerprint density at radius 1 is 1.25 bits per heavy atom. The molecule has 1 aliphatic rings. The Kier molecular flexibility index (Phi) is 13.5. The van der Waals surface area contributed by atoms with Crippen LogP contribution in [-0.2, 0) is 16.0 Å². The van der Waals surface area contributed by atoms with E-state index in [0.29, 0.717) is 6.10 Å². The summed E-state index contributed by atoms with van der Waals surface area (Å²) in [5.74, 6) is 2.13. The van der Waals surface area contributed by atoms with E-state index in [0.717, 1.165) is 89.8 Å². The Morgan fingerprint density at radius 2 is 2.04 bits per heavy atom. The van der Waals surface area contributed by atoms with Gasteiger partial charge in [-0.1, -0.05) is 0 Å². The summed E-state index contributed by atoms with van der Waals surface area (Å²) in [5.41, 5.74) is 0. The van der Waals surface area contributed by atoms with Gasteiger partial charge >= 0.3 is 0 Å². The van der Waals surface area contributed by atoms with Gasteiger partial charge in [0.25, 0.3) is 0 Å². The highest BCUT2D eigenvalue weighted by Crippen LogP contribution is 2.14. The first kappa shape index (κ1) is 25.2. The van der Waals surface area contributed by atoms with Crippen LogP contribution in [0.4, 0.5) is 0 Å². The summed E-state index contributed by atoms with van der Waals surface area (Å²) < 4.78 is 13.2. The lowest BCUT2D eigenvalue weighted by atomic mass is 10.1. The number of guanidine groups is 1. The summed E-state index contributed by atoms with van der Waals surface area (Å²) in [4.78, 5) is 11.5. The van der Waals surface area contributed by atoms with Crippen molar-refractivity contribution in [3.63, 3.8) is 0 Å². The first-order chi connectivity index (χ1) is 13.2. The second-order valence-electron chi connectivity index (χ2n) is 7.01. The van der Waals surface area contributed by atoms with Gasteiger partial charge in [-0.2, -0.15) is 0 Å². The summed E-state index contributed by atoms with van der Waals surface area (Å²) in [6.45, 7) is 10.5. The number of nitrogens with zero attached hydrogens (tertiary/aromatic N) is 4. The fraction of sp³-hybridized carbons (Fsp3) is 0.800. The van der Waals surface area contributed by atoms with Crippen molar-refractivity contribution in [2.75, 3.05) is 46.5 Å². The predicted octanol–water partition coefficient (Wildman–Crippen LogP) is 3.07. The molecule has 1 fully saturated rings. The van der Waals surface area contributed by atoms with E-state index in [1.165, 1.54) is 0 Å². The lowest BCUT2D eigenvalue weighted by Gasteiger charge is -2.34. The Morgan fingerprint density at radius 3 is 2.68 bits per heavy atom. The van der Waals surface area contributed by atoms with E-state index in [9.17, 15) is 0 Å². The third-order valence-electron chi connectivity index (χ3n) is 4.92.